The number of anilines is 2. The summed E-state index contributed by atoms with van der Waals surface area (Å²) in [5.74, 6) is -0.753. The summed E-state index contributed by atoms with van der Waals surface area (Å²) >= 11 is 0. The van der Waals surface area contributed by atoms with Gasteiger partial charge in [-0.2, -0.15) is 0 Å². The molecule has 1 amide bonds. The minimum Gasteiger partial charge on any atom is -0.491 e. The number of ether oxygens (including phenoxy) is 2. The molecule has 0 aliphatic carbocycles. The summed E-state index contributed by atoms with van der Waals surface area (Å²) in [5, 5.41) is 2.65. The first-order chi connectivity index (χ1) is 15.7. The minimum absolute atomic E-state index is 0.0449. The molecule has 4 N–H and O–H groups in total. The van der Waals surface area contributed by atoms with Crippen molar-refractivity contribution >= 4 is 38.5 Å². The van der Waals surface area contributed by atoms with Gasteiger partial charge in [0.25, 0.3) is 11.5 Å². The second-order valence-corrected chi connectivity index (χ2v) is 8.70. The summed E-state index contributed by atoms with van der Waals surface area (Å²) in [5.41, 5.74) is 5.90. The highest BCUT2D eigenvalue weighted by Gasteiger charge is 2.22. The number of nitrogen functional groups attached to an aromatic ring is 1. The van der Waals surface area contributed by atoms with Gasteiger partial charge in [-0.25, -0.2) is 28.1 Å². The first-order valence-electron chi connectivity index (χ1n) is 9.73. The standard InChI is InChI=1S/C19H23N7O6S/c1-4-26-18(28)14-12(20)7-13(32-5-6-33(29,30)21-2)16(31-3)15(14)24-19(26)25-17(27)11-8-22-10-23-9-11/h7-10,21H,4-6,20H2,1-3H3,(H,24,25,27). The quantitative estimate of drug-likeness (QED) is 0.354. The third-order valence-electron chi connectivity index (χ3n) is 4.67. The van der Waals surface area contributed by atoms with Crippen molar-refractivity contribution in [2.24, 2.45) is 0 Å². The van der Waals surface area contributed by atoms with Gasteiger partial charge in [-0.05, 0) is 14.0 Å². The van der Waals surface area contributed by atoms with Gasteiger partial charge in [0.15, 0.2) is 11.5 Å². The molecule has 2 heterocycles. The van der Waals surface area contributed by atoms with Crippen LogP contribution in [-0.4, -0.2) is 60.4 Å². The number of sulfonamides is 1. The number of methoxy groups -OCH3 is 1. The Hall–Kier alpha value is -3.78. The molecule has 0 aliphatic heterocycles. The van der Waals surface area contributed by atoms with Gasteiger partial charge >= 0.3 is 0 Å². The molecule has 0 fully saturated rings. The van der Waals surface area contributed by atoms with Gasteiger partial charge in [0, 0.05) is 25.0 Å². The predicted molar refractivity (Wildman–Crippen MR) is 121 cm³/mol. The van der Waals surface area contributed by atoms with Crippen LogP contribution >= 0.6 is 0 Å². The molecule has 3 aromatic rings. The van der Waals surface area contributed by atoms with Crippen LogP contribution in [0.2, 0.25) is 0 Å². The van der Waals surface area contributed by atoms with Crippen LogP contribution in [0.1, 0.15) is 17.3 Å². The monoisotopic (exact) mass is 477 g/mol. The summed E-state index contributed by atoms with van der Waals surface area (Å²) < 4.78 is 37.7. The summed E-state index contributed by atoms with van der Waals surface area (Å²) in [6.07, 6.45) is 3.92. The maximum absolute atomic E-state index is 13.2. The Morgan fingerprint density at radius 2 is 1.97 bits per heavy atom. The second-order valence-electron chi connectivity index (χ2n) is 6.66. The molecule has 0 saturated heterocycles. The number of rotatable bonds is 9. The number of carbonyl (C=O) groups is 1. The van der Waals surface area contributed by atoms with Crippen molar-refractivity contribution in [3.63, 3.8) is 0 Å². The van der Waals surface area contributed by atoms with Crippen molar-refractivity contribution in [3.05, 3.63) is 40.7 Å². The van der Waals surface area contributed by atoms with Gasteiger partial charge < -0.3 is 15.2 Å². The van der Waals surface area contributed by atoms with E-state index in [2.05, 4.69) is 25.0 Å². The first kappa shape index (κ1) is 23.9. The number of hydrogen-bond donors (Lipinski definition) is 3. The van der Waals surface area contributed by atoms with E-state index in [1.165, 1.54) is 43.5 Å². The van der Waals surface area contributed by atoms with Crippen LogP contribution in [0.4, 0.5) is 11.6 Å². The highest BCUT2D eigenvalue weighted by atomic mass is 32.2. The number of aromatic nitrogens is 4. The molecule has 0 saturated carbocycles. The fraction of sp³-hybridized carbons (Fsp3) is 0.316. The SMILES string of the molecule is CCn1c(NC(=O)c2cncnc2)nc2c(OC)c(OCCS(=O)(=O)NC)cc(N)c2c1=O. The van der Waals surface area contributed by atoms with Crippen LogP contribution in [-0.2, 0) is 16.6 Å². The van der Waals surface area contributed by atoms with Crippen LogP contribution in [0.15, 0.2) is 29.6 Å². The summed E-state index contributed by atoms with van der Waals surface area (Å²) in [6, 6.07) is 1.37. The van der Waals surface area contributed by atoms with Crippen LogP contribution in [0.3, 0.4) is 0 Å². The average molecular weight is 478 g/mol. The van der Waals surface area contributed by atoms with Crippen molar-refractivity contribution in [1.29, 1.82) is 0 Å². The third-order valence-corrected chi connectivity index (χ3v) is 6.00. The first-order valence-corrected chi connectivity index (χ1v) is 11.4. The zero-order chi connectivity index (χ0) is 24.2. The fourth-order valence-electron chi connectivity index (χ4n) is 3.02. The molecule has 3 rings (SSSR count). The van der Waals surface area contributed by atoms with Crippen LogP contribution in [0, 0.1) is 0 Å². The van der Waals surface area contributed by atoms with Crippen molar-refractivity contribution in [2.45, 2.75) is 13.5 Å². The number of nitrogens with two attached hydrogens (primary N) is 1. The molecule has 33 heavy (non-hydrogen) atoms. The van der Waals surface area contributed by atoms with Crippen LogP contribution < -0.4 is 30.8 Å². The Bertz CT molecular complexity index is 1340. The number of nitrogens with zero attached hydrogens (tertiary/aromatic N) is 4. The molecular formula is C19H23N7O6S. The Kier molecular flexibility index (Phi) is 7.08. The zero-order valence-corrected chi connectivity index (χ0v) is 19.0. The number of hydrogen-bond acceptors (Lipinski definition) is 10. The van der Waals surface area contributed by atoms with E-state index >= 15 is 0 Å². The average Bonchev–Trinajstić information content (AvgIpc) is 2.79. The normalized spacial score (nSPS) is 11.4. The molecule has 0 radical (unpaired) electrons. The Morgan fingerprint density at radius 1 is 1.27 bits per heavy atom. The number of amides is 1. The van der Waals surface area contributed by atoms with E-state index in [1.54, 1.807) is 6.92 Å². The largest absolute Gasteiger partial charge is 0.491 e. The lowest BCUT2D eigenvalue weighted by Gasteiger charge is -2.17. The molecule has 176 valence electrons. The van der Waals surface area contributed by atoms with E-state index in [1.807, 2.05) is 0 Å². The van der Waals surface area contributed by atoms with Gasteiger partial charge in [-0.3, -0.25) is 19.5 Å². The van der Waals surface area contributed by atoms with E-state index in [9.17, 15) is 18.0 Å². The molecule has 0 atom stereocenters. The van der Waals surface area contributed by atoms with E-state index in [4.69, 9.17) is 15.2 Å². The highest BCUT2D eigenvalue weighted by Crippen LogP contribution is 2.37. The summed E-state index contributed by atoms with van der Waals surface area (Å²) in [7, 11) is -0.860. The maximum atomic E-state index is 13.2. The molecule has 14 heteroatoms. The molecule has 2 aromatic heterocycles. The van der Waals surface area contributed by atoms with Crippen molar-refractivity contribution in [2.75, 3.05) is 37.6 Å². The van der Waals surface area contributed by atoms with E-state index in [0.29, 0.717) is 0 Å². The molecule has 0 spiro atoms. The van der Waals surface area contributed by atoms with Gasteiger partial charge in [-0.1, -0.05) is 0 Å². The maximum Gasteiger partial charge on any atom is 0.265 e. The topological polar surface area (TPSA) is 180 Å². The van der Waals surface area contributed by atoms with Gasteiger partial charge in [-0.15, -0.1) is 0 Å². The van der Waals surface area contributed by atoms with Gasteiger partial charge in [0.2, 0.25) is 16.0 Å². The van der Waals surface area contributed by atoms with E-state index < -0.39 is 21.5 Å². The number of fused-ring (bicyclic) bond motifs is 1. The molecule has 0 bridgehead atoms. The van der Waals surface area contributed by atoms with Crippen LogP contribution in [0.5, 0.6) is 11.5 Å². The molecule has 1 aromatic carbocycles. The third kappa shape index (κ3) is 5.01. The molecule has 0 unspecified atom stereocenters. The summed E-state index contributed by atoms with van der Waals surface area (Å²) in [6.45, 7) is 1.71. The number of carbonyl (C=O) groups excluding carboxylic acids is 1. The van der Waals surface area contributed by atoms with E-state index in [0.717, 1.165) is 0 Å². The zero-order valence-electron chi connectivity index (χ0n) is 18.2. The van der Waals surface area contributed by atoms with Crippen LogP contribution in [0.25, 0.3) is 10.9 Å². The van der Waals surface area contributed by atoms with E-state index in [-0.39, 0.29) is 58.5 Å². The van der Waals surface area contributed by atoms with Gasteiger partial charge in [0.05, 0.1) is 29.5 Å². The van der Waals surface area contributed by atoms with Crippen molar-refractivity contribution in [3.8, 4) is 11.5 Å². The lowest BCUT2D eigenvalue weighted by Crippen LogP contribution is -2.28. The molecule has 13 nitrogen and oxygen atoms in total. The Labute approximate surface area is 189 Å². The fourth-order valence-corrected chi connectivity index (χ4v) is 3.53. The molecular weight excluding hydrogens is 454 g/mol. The Balaban J connectivity index is 2.09. The second kappa shape index (κ2) is 9.79. The molecule has 0 aliphatic rings. The van der Waals surface area contributed by atoms with Crippen molar-refractivity contribution in [1.82, 2.24) is 24.2 Å². The lowest BCUT2D eigenvalue weighted by atomic mass is 10.1. The minimum atomic E-state index is -3.50. The smallest absolute Gasteiger partial charge is 0.265 e. The number of nitrogens with one attached hydrogen (secondary N) is 2. The van der Waals surface area contributed by atoms with Gasteiger partial charge in [0.1, 0.15) is 18.5 Å². The predicted octanol–water partition coefficient (Wildman–Crippen LogP) is -0.0225. The Morgan fingerprint density at radius 3 is 2.58 bits per heavy atom. The highest BCUT2D eigenvalue weighted by molar-refractivity contribution is 7.89. The van der Waals surface area contributed by atoms with Crippen molar-refractivity contribution < 1.29 is 22.7 Å². The lowest BCUT2D eigenvalue weighted by molar-refractivity contribution is 0.102. The number of benzene rings is 1. The summed E-state index contributed by atoms with van der Waals surface area (Å²) in [4.78, 5) is 37.8.